The third kappa shape index (κ3) is 3.13. The summed E-state index contributed by atoms with van der Waals surface area (Å²) in [5.74, 6) is 0.322. The van der Waals surface area contributed by atoms with E-state index in [1.54, 1.807) is 0 Å². The van der Waals surface area contributed by atoms with E-state index < -0.39 is 0 Å². The Hall–Kier alpha value is -1.75. The molecule has 0 aromatic heterocycles. The Bertz CT molecular complexity index is 492. The lowest BCUT2D eigenvalue weighted by molar-refractivity contribution is -0.140. The number of benzene rings is 1. The van der Waals surface area contributed by atoms with Crippen molar-refractivity contribution >= 4 is 17.3 Å². The zero-order valence-electron chi connectivity index (χ0n) is 12.3. The molecule has 114 valence electrons. The van der Waals surface area contributed by atoms with Gasteiger partial charge in [0.05, 0.1) is 23.9 Å². The second kappa shape index (κ2) is 6.35. The number of hydrogen-bond acceptors (Lipinski definition) is 4. The Labute approximate surface area is 125 Å². The Kier molecular flexibility index (Phi) is 4.29. The van der Waals surface area contributed by atoms with E-state index in [1.165, 1.54) is 0 Å². The van der Waals surface area contributed by atoms with Gasteiger partial charge in [0, 0.05) is 32.8 Å². The smallest absolute Gasteiger partial charge is 0.228 e. The normalized spacial score (nSPS) is 23.1. The van der Waals surface area contributed by atoms with Crippen LogP contribution >= 0.6 is 0 Å². The lowest BCUT2D eigenvalue weighted by Crippen LogP contribution is -2.51. The van der Waals surface area contributed by atoms with Crippen LogP contribution in [0.15, 0.2) is 24.3 Å². The van der Waals surface area contributed by atoms with Gasteiger partial charge in [0.15, 0.2) is 0 Å². The highest BCUT2D eigenvalue weighted by molar-refractivity contribution is 5.79. The van der Waals surface area contributed by atoms with Crippen LogP contribution in [0.2, 0.25) is 0 Å². The second-order valence-corrected chi connectivity index (χ2v) is 5.79. The molecule has 1 atom stereocenters. The van der Waals surface area contributed by atoms with Gasteiger partial charge in [-0.3, -0.25) is 4.79 Å². The predicted molar refractivity (Wildman–Crippen MR) is 83.2 cm³/mol. The molecule has 1 aromatic carbocycles. The highest BCUT2D eigenvalue weighted by Crippen LogP contribution is 2.24. The minimum absolute atomic E-state index is 0.0621. The van der Waals surface area contributed by atoms with E-state index in [4.69, 9.17) is 10.5 Å². The molecule has 21 heavy (non-hydrogen) atoms. The molecule has 1 amide bonds. The van der Waals surface area contributed by atoms with Crippen molar-refractivity contribution in [2.24, 2.45) is 5.92 Å². The number of carbonyl (C=O) groups excluding carboxylic acids is 1. The Morgan fingerprint density at radius 2 is 1.95 bits per heavy atom. The molecule has 1 unspecified atom stereocenters. The summed E-state index contributed by atoms with van der Waals surface area (Å²) in [6.45, 7) is 4.60. The van der Waals surface area contributed by atoms with Gasteiger partial charge in [0.1, 0.15) is 0 Å². The van der Waals surface area contributed by atoms with E-state index in [9.17, 15) is 4.79 Å². The van der Waals surface area contributed by atoms with Crippen molar-refractivity contribution in [2.45, 2.75) is 12.8 Å². The number of carbonyl (C=O) groups is 1. The molecule has 5 heteroatoms. The molecule has 2 aliphatic heterocycles. The number of nitrogens with two attached hydrogens (primary N) is 1. The van der Waals surface area contributed by atoms with Crippen LogP contribution in [0.4, 0.5) is 11.4 Å². The van der Waals surface area contributed by atoms with Crippen LogP contribution in [-0.4, -0.2) is 50.2 Å². The minimum Gasteiger partial charge on any atom is -0.397 e. The van der Waals surface area contributed by atoms with Crippen molar-refractivity contribution < 1.29 is 9.53 Å². The molecule has 0 aliphatic carbocycles. The average molecular weight is 289 g/mol. The van der Waals surface area contributed by atoms with Crippen molar-refractivity contribution in [3.8, 4) is 0 Å². The van der Waals surface area contributed by atoms with Crippen molar-refractivity contribution in [3.05, 3.63) is 24.3 Å². The molecule has 0 bridgehead atoms. The van der Waals surface area contributed by atoms with Crippen LogP contribution in [-0.2, 0) is 9.53 Å². The summed E-state index contributed by atoms with van der Waals surface area (Å²) in [5.41, 5.74) is 7.90. The van der Waals surface area contributed by atoms with Crippen molar-refractivity contribution in [2.75, 3.05) is 50.0 Å². The van der Waals surface area contributed by atoms with Crippen molar-refractivity contribution in [1.82, 2.24) is 4.90 Å². The number of amides is 1. The lowest BCUT2D eigenvalue weighted by atomic mass is 10.0. The lowest BCUT2D eigenvalue weighted by Gasteiger charge is -2.38. The largest absolute Gasteiger partial charge is 0.397 e. The van der Waals surface area contributed by atoms with Crippen molar-refractivity contribution in [3.63, 3.8) is 0 Å². The quantitative estimate of drug-likeness (QED) is 0.835. The number of hydrogen-bond donors (Lipinski definition) is 1. The fraction of sp³-hybridized carbons (Fsp3) is 0.562. The maximum Gasteiger partial charge on any atom is 0.228 e. The number of ether oxygens (including phenoxy) is 1. The first-order chi connectivity index (χ1) is 10.3. The molecule has 5 nitrogen and oxygen atoms in total. The Balaban J connectivity index is 1.57. The molecule has 2 fully saturated rings. The van der Waals surface area contributed by atoms with Gasteiger partial charge in [0.25, 0.3) is 0 Å². The summed E-state index contributed by atoms with van der Waals surface area (Å²) in [6.07, 6.45) is 1.96. The van der Waals surface area contributed by atoms with Crippen LogP contribution in [0.1, 0.15) is 12.8 Å². The second-order valence-electron chi connectivity index (χ2n) is 5.79. The average Bonchev–Trinajstić information content (AvgIpc) is 2.56. The van der Waals surface area contributed by atoms with Crippen LogP contribution in [0, 0.1) is 5.92 Å². The van der Waals surface area contributed by atoms with Gasteiger partial charge in [-0.25, -0.2) is 0 Å². The van der Waals surface area contributed by atoms with Gasteiger partial charge in [-0.05, 0) is 25.0 Å². The number of rotatable bonds is 2. The molecule has 3 rings (SSSR count). The molecule has 0 radical (unpaired) electrons. The highest BCUT2D eigenvalue weighted by Gasteiger charge is 2.29. The van der Waals surface area contributed by atoms with E-state index >= 15 is 0 Å². The number of nitrogen functional groups attached to an aromatic ring is 1. The minimum atomic E-state index is 0.0621. The SMILES string of the molecule is Nc1ccccc1N1CCN(C(=O)C2CCCOC2)CC1. The van der Waals surface area contributed by atoms with Crippen LogP contribution in [0.3, 0.4) is 0 Å². The molecule has 1 aromatic rings. The summed E-state index contributed by atoms with van der Waals surface area (Å²) in [5, 5.41) is 0. The molecule has 2 aliphatic rings. The van der Waals surface area contributed by atoms with E-state index in [0.717, 1.165) is 57.0 Å². The zero-order chi connectivity index (χ0) is 14.7. The molecule has 0 spiro atoms. The first-order valence-corrected chi connectivity index (χ1v) is 7.71. The standard InChI is InChI=1S/C16H23N3O2/c17-14-5-1-2-6-15(14)18-7-9-19(10-8-18)16(20)13-4-3-11-21-12-13/h1-2,5-6,13H,3-4,7-12,17H2. The van der Waals surface area contributed by atoms with Crippen molar-refractivity contribution in [1.29, 1.82) is 0 Å². The predicted octanol–water partition coefficient (Wildman–Crippen LogP) is 1.34. The molecule has 2 N–H and O–H groups in total. The van der Waals surface area contributed by atoms with Gasteiger partial charge in [-0.15, -0.1) is 0 Å². The fourth-order valence-electron chi connectivity index (χ4n) is 3.14. The summed E-state index contributed by atoms with van der Waals surface area (Å²) in [7, 11) is 0. The van der Waals surface area contributed by atoms with Gasteiger partial charge >= 0.3 is 0 Å². The molecule has 2 saturated heterocycles. The van der Waals surface area contributed by atoms with E-state index in [1.807, 2.05) is 29.2 Å². The maximum atomic E-state index is 12.5. The summed E-state index contributed by atoms with van der Waals surface area (Å²) in [6, 6.07) is 7.91. The number of piperazine rings is 1. The van der Waals surface area contributed by atoms with Crippen LogP contribution in [0.25, 0.3) is 0 Å². The first-order valence-electron chi connectivity index (χ1n) is 7.71. The molecular formula is C16H23N3O2. The zero-order valence-corrected chi connectivity index (χ0v) is 12.3. The van der Waals surface area contributed by atoms with E-state index in [0.29, 0.717) is 6.61 Å². The van der Waals surface area contributed by atoms with Gasteiger partial charge < -0.3 is 20.3 Å². The monoisotopic (exact) mass is 289 g/mol. The summed E-state index contributed by atoms with van der Waals surface area (Å²) >= 11 is 0. The molecular weight excluding hydrogens is 266 g/mol. The fourth-order valence-corrected chi connectivity index (χ4v) is 3.14. The van der Waals surface area contributed by atoms with Gasteiger partial charge in [0.2, 0.25) is 5.91 Å². The van der Waals surface area contributed by atoms with Crippen LogP contribution in [0.5, 0.6) is 0 Å². The third-order valence-corrected chi connectivity index (χ3v) is 4.38. The summed E-state index contributed by atoms with van der Waals surface area (Å²) < 4.78 is 5.43. The Morgan fingerprint density at radius 1 is 1.19 bits per heavy atom. The van der Waals surface area contributed by atoms with Gasteiger partial charge in [-0.1, -0.05) is 12.1 Å². The van der Waals surface area contributed by atoms with Gasteiger partial charge in [-0.2, -0.15) is 0 Å². The number of para-hydroxylation sites is 2. The number of nitrogens with zero attached hydrogens (tertiary/aromatic N) is 2. The Morgan fingerprint density at radius 3 is 2.62 bits per heavy atom. The molecule has 2 heterocycles. The third-order valence-electron chi connectivity index (χ3n) is 4.38. The number of anilines is 2. The maximum absolute atomic E-state index is 12.5. The van der Waals surface area contributed by atoms with E-state index in [-0.39, 0.29) is 11.8 Å². The highest BCUT2D eigenvalue weighted by atomic mass is 16.5. The first kappa shape index (κ1) is 14.2. The van der Waals surface area contributed by atoms with Crippen LogP contribution < -0.4 is 10.6 Å². The molecule has 0 saturated carbocycles. The van der Waals surface area contributed by atoms with E-state index in [2.05, 4.69) is 4.90 Å². The topological polar surface area (TPSA) is 58.8 Å². The summed E-state index contributed by atoms with van der Waals surface area (Å²) in [4.78, 5) is 16.7.